The van der Waals surface area contributed by atoms with E-state index < -0.39 is 0 Å². The molecule has 1 spiro atoms. The molecule has 0 amide bonds. The van der Waals surface area contributed by atoms with Crippen molar-refractivity contribution in [1.29, 1.82) is 0 Å². The molecule has 0 N–H and O–H groups in total. The molecule has 1 aromatic carbocycles. The molecule has 2 aromatic heterocycles. The summed E-state index contributed by atoms with van der Waals surface area (Å²) >= 11 is 0. The van der Waals surface area contributed by atoms with Crippen LogP contribution in [0, 0.1) is 0 Å². The van der Waals surface area contributed by atoms with E-state index >= 15 is 0 Å². The molecule has 1 saturated carbocycles. The van der Waals surface area contributed by atoms with Crippen molar-refractivity contribution >= 4 is 5.78 Å². The number of fused-ring (bicyclic) bond motifs is 6. The van der Waals surface area contributed by atoms with Gasteiger partial charge in [-0.1, -0.05) is 43.5 Å². The van der Waals surface area contributed by atoms with Crippen molar-refractivity contribution in [2.75, 3.05) is 0 Å². The lowest BCUT2D eigenvalue weighted by atomic mass is 9.62. The minimum Gasteiger partial charge on any atom is -0.280 e. The van der Waals surface area contributed by atoms with Crippen LogP contribution in [0.3, 0.4) is 0 Å². The van der Waals surface area contributed by atoms with Crippen molar-refractivity contribution in [3.8, 4) is 11.3 Å². The molecule has 0 aliphatic heterocycles. The van der Waals surface area contributed by atoms with Crippen LogP contribution in [0.4, 0.5) is 0 Å². The SMILES string of the molecule is Cn1c(=O)c2c(n3cnnc13)-c1ccccc1CC21CCCCC1. The second kappa shape index (κ2) is 4.79. The number of hydrogen-bond acceptors (Lipinski definition) is 3. The summed E-state index contributed by atoms with van der Waals surface area (Å²) in [5, 5.41) is 8.24. The highest BCUT2D eigenvalue weighted by Gasteiger charge is 2.43. The number of aryl methyl sites for hydroxylation is 1. The summed E-state index contributed by atoms with van der Waals surface area (Å²) < 4.78 is 3.67. The van der Waals surface area contributed by atoms with Gasteiger partial charge in [-0.05, 0) is 24.8 Å². The van der Waals surface area contributed by atoms with Crippen LogP contribution < -0.4 is 5.56 Å². The number of rotatable bonds is 0. The molecule has 122 valence electrons. The smallest absolute Gasteiger partial charge is 0.259 e. The van der Waals surface area contributed by atoms with Gasteiger partial charge in [0, 0.05) is 23.6 Å². The fraction of sp³-hybridized carbons (Fsp3) is 0.421. The molecule has 5 rings (SSSR count). The molecule has 5 heteroatoms. The maximum atomic E-state index is 13.3. The molecule has 0 bridgehead atoms. The van der Waals surface area contributed by atoms with Gasteiger partial charge in [0.05, 0.1) is 5.69 Å². The van der Waals surface area contributed by atoms with Crippen LogP contribution in [0.5, 0.6) is 0 Å². The molecule has 5 nitrogen and oxygen atoms in total. The zero-order valence-corrected chi connectivity index (χ0v) is 13.8. The van der Waals surface area contributed by atoms with E-state index in [1.54, 1.807) is 10.9 Å². The quantitative estimate of drug-likeness (QED) is 0.640. The number of benzene rings is 1. The molecule has 2 aliphatic rings. The third-order valence-corrected chi connectivity index (χ3v) is 5.97. The van der Waals surface area contributed by atoms with Gasteiger partial charge in [0.1, 0.15) is 6.33 Å². The van der Waals surface area contributed by atoms with Gasteiger partial charge in [0.15, 0.2) is 0 Å². The molecule has 2 heterocycles. The Hall–Kier alpha value is -2.43. The van der Waals surface area contributed by atoms with Crippen molar-refractivity contribution in [1.82, 2.24) is 19.2 Å². The van der Waals surface area contributed by atoms with Crippen molar-refractivity contribution in [3.63, 3.8) is 0 Å². The summed E-state index contributed by atoms with van der Waals surface area (Å²) in [5.74, 6) is 0.612. The van der Waals surface area contributed by atoms with Gasteiger partial charge in [-0.3, -0.25) is 13.8 Å². The van der Waals surface area contributed by atoms with Crippen LogP contribution in [0.15, 0.2) is 35.4 Å². The number of aromatic nitrogens is 4. The summed E-state index contributed by atoms with van der Waals surface area (Å²) in [6.07, 6.45) is 8.57. The van der Waals surface area contributed by atoms with E-state index in [1.165, 1.54) is 24.8 Å². The predicted octanol–water partition coefficient (Wildman–Crippen LogP) is 2.85. The van der Waals surface area contributed by atoms with Gasteiger partial charge in [0.2, 0.25) is 5.78 Å². The average molecular weight is 320 g/mol. The van der Waals surface area contributed by atoms with E-state index in [0.29, 0.717) is 5.78 Å². The van der Waals surface area contributed by atoms with Gasteiger partial charge >= 0.3 is 0 Å². The predicted molar refractivity (Wildman–Crippen MR) is 92.1 cm³/mol. The van der Waals surface area contributed by atoms with Crippen molar-refractivity contribution in [3.05, 3.63) is 52.1 Å². The Morgan fingerprint density at radius 2 is 1.92 bits per heavy atom. The Bertz CT molecular complexity index is 1010. The lowest BCUT2D eigenvalue weighted by Gasteiger charge is -2.42. The zero-order valence-electron chi connectivity index (χ0n) is 13.8. The van der Waals surface area contributed by atoms with E-state index in [0.717, 1.165) is 36.1 Å². The van der Waals surface area contributed by atoms with Crippen LogP contribution in [0.1, 0.15) is 43.2 Å². The molecule has 0 atom stereocenters. The molecule has 0 saturated heterocycles. The highest BCUT2D eigenvalue weighted by molar-refractivity contribution is 5.73. The number of nitrogens with zero attached hydrogens (tertiary/aromatic N) is 4. The van der Waals surface area contributed by atoms with Gasteiger partial charge < -0.3 is 0 Å². The Morgan fingerprint density at radius 1 is 1.12 bits per heavy atom. The average Bonchev–Trinajstić information content (AvgIpc) is 3.09. The van der Waals surface area contributed by atoms with Crippen molar-refractivity contribution in [2.45, 2.75) is 43.9 Å². The largest absolute Gasteiger partial charge is 0.280 e. The van der Waals surface area contributed by atoms with Gasteiger partial charge in [0.25, 0.3) is 5.56 Å². The molecule has 0 unspecified atom stereocenters. The zero-order chi connectivity index (χ0) is 16.3. The summed E-state index contributed by atoms with van der Waals surface area (Å²) in [7, 11) is 1.81. The van der Waals surface area contributed by atoms with Gasteiger partial charge in [-0.2, -0.15) is 0 Å². The molecule has 3 aromatic rings. The lowest BCUT2D eigenvalue weighted by Crippen LogP contribution is -2.42. The van der Waals surface area contributed by atoms with E-state index in [1.807, 2.05) is 11.4 Å². The summed E-state index contributed by atoms with van der Waals surface area (Å²) in [6.45, 7) is 0. The second-order valence-electron chi connectivity index (χ2n) is 7.26. The van der Waals surface area contributed by atoms with Gasteiger partial charge in [-0.25, -0.2) is 0 Å². The minimum absolute atomic E-state index is 0.0325. The van der Waals surface area contributed by atoms with E-state index in [4.69, 9.17) is 0 Å². The van der Waals surface area contributed by atoms with E-state index in [-0.39, 0.29) is 11.0 Å². The van der Waals surface area contributed by atoms with Crippen LogP contribution >= 0.6 is 0 Å². The monoisotopic (exact) mass is 320 g/mol. The Labute approximate surface area is 140 Å². The molecule has 24 heavy (non-hydrogen) atoms. The molecule has 1 fully saturated rings. The fourth-order valence-corrected chi connectivity index (χ4v) is 4.85. The minimum atomic E-state index is -0.0325. The first-order valence-electron chi connectivity index (χ1n) is 8.73. The first kappa shape index (κ1) is 14.0. The second-order valence-corrected chi connectivity index (χ2v) is 7.26. The van der Waals surface area contributed by atoms with Crippen molar-refractivity contribution in [2.24, 2.45) is 7.05 Å². The summed E-state index contributed by atoms with van der Waals surface area (Å²) in [6, 6.07) is 8.49. The van der Waals surface area contributed by atoms with Gasteiger partial charge in [-0.15, -0.1) is 10.2 Å². The normalized spacial score (nSPS) is 18.5. The molecule has 0 radical (unpaired) electrons. The Kier molecular flexibility index (Phi) is 2.78. The van der Waals surface area contributed by atoms with Crippen LogP contribution in [-0.2, 0) is 18.9 Å². The highest BCUT2D eigenvalue weighted by Crippen LogP contribution is 2.48. The van der Waals surface area contributed by atoms with Crippen LogP contribution in [0.25, 0.3) is 17.0 Å². The maximum Gasteiger partial charge on any atom is 0.259 e. The van der Waals surface area contributed by atoms with E-state index in [9.17, 15) is 4.79 Å². The van der Waals surface area contributed by atoms with Crippen LogP contribution in [0.2, 0.25) is 0 Å². The Balaban J connectivity index is 1.96. The number of hydrogen-bond donors (Lipinski definition) is 0. The third-order valence-electron chi connectivity index (χ3n) is 5.97. The third kappa shape index (κ3) is 1.67. The van der Waals surface area contributed by atoms with Crippen LogP contribution in [-0.4, -0.2) is 19.2 Å². The Morgan fingerprint density at radius 3 is 2.75 bits per heavy atom. The summed E-state index contributed by atoms with van der Waals surface area (Å²) in [5.41, 5.74) is 4.57. The summed E-state index contributed by atoms with van der Waals surface area (Å²) in [4.78, 5) is 13.3. The maximum absolute atomic E-state index is 13.3. The molecule has 2 aliphatic carbocycles. The first-order valence-corrected chi connectivity index (χ1v) is 8.73. The lowest BCUT2D eigenvalue weighted by molar-refractivity contribution is 0.284. The topological polar surface area (TPSA) is 52.2 Å². The molecular formula is C19H20N4O. The molecular weight excluding hydrogens is 300 g/mol. The standard InChI is InChI=1S/C19H20N4O/c1-22-17(24)15-16(23-12-20-21-18(22)23)14-8-4-3-7-13(14)11-19(15)9-5-2-6-10-19/h3-4,7-8,12H,2,5-6,9-11H2,1H3. The first-order chi connectivity index (χ1) is 11.7. The van der Waals surface area contributed by atoms with E-state index in [2.05, 4.69) is 34.5 Å². The highest BCUT2D eigenvalue weighted by atomic mass is 16.1. The van der Waals surface area contributed by atoms with Crippen molar-refractivity contribution < 1.29 is 0 Å². The fourth-order valence-electron chi connectivity index (χ4n) is 4.85.